The molecule has 3 fully saturated rings. The molecule has 5 heteroatoms. The Morgan fingerprint density at radius 2 is 2.00 bits per heavy atom. The van der Waals surface area contributed by atoms with Crippen LogP contribution in [0.2, 0.25) is 0 Å². The molecule has 3 atom stereocenters. The molecule has 3 aliphatic heterocycles. The summed E-state index contributed by atoms with van der Waals surface area (Å²) >= 11 is 0. The van der Waals surface area contributed by atoms with Gasteiger partial charge in [-0.15, -0.1) is 0 Å². The van der Waals surface area contributed by atoms with E-state index in [9.17, 15) is 9.18 Å². The fourth-order valence-electron chi connectivity index (χ4n) is 4.87. The highest BCUT2D eigenvalue weighted by Crippen LogP contribution is 2.46. The van der Waals surface area contributed by atoms with Crippen LogP contribution in [0.25, 0.3) is 0 Å². The van der Waals surface area contributed by atoms with Crippen molar-refractivity contribution in [3.05, 3.63) is 35.6 Å². The van der Waals surface area contributed by atoms with Crippen molar-refractivity contribution in [3.63, 3.8) is 0 Å². The quantitative estimate of drug-likeness (QED) is 0.834. The molecular weight excluding hydrogens is 307 g/mol. The lowest BCUT2D eigenvalue weighted by molar-refractivity contribution is -0.130. The van der Waals surface area contributed by atoms with Crippen LogP contribution in [-0.4, -0.2) is 54.6 Å². The van der Waals surface area contributed by atoms with Crippen molar-refractivity contribution in [2.45, 2.75) is 31.8 Å². The summed E-state index contributed by atoms with van der Waals surface area (Å²) in [7, 11) is 0. The first-order chi connectivity index (χ1) is 11.6. The van der Waals surface area contributed by atoms with E-state index in [2.05, 4.69) is 4.90 Å². The second kappa shape index (κ2) is 6.45. The molecule has 3 saturated heterocycles. The van der Waals surface area contributed by atoms with Gasteiger partial charge in [-0.05, 0) is 36.5 Å². The molecule has 3 aliphatic rings. The fourth-order valence-corrected chi connectivity index (χ4v) is 4.87. The van der Waals surface area contributed by atoms with Crippen LogP contribution in [0.15, 0.2) is 24.3 Å². The summed E-state index contributed by atoms with van der Waals surface area (Å²) in [5.74, 6) is 0.763. The predicted octanol–water partition coefficient (Wildman–Crippen LogP) is 2.46. The number of amides is 1. The van der Waals surface area contributed by atoms with Crippen molar-refractivity contribution in [2.24, 2.45) is 11.8 Å². The van der Waals surface area contributed by atoms with E-state index < -0.39 is 0 Å². The monoisotopic (exact) mass is 332 g/mol. The van der Waals surface area contributed by atoms with Crippen molar-refractivity contribution in [3.8, 4) is 0 Å². The minimum absolute atomic E-state index is 0.00744. The summed E-state index contributed by atoms with van der Waals surface area (Å²) in [6.45, 7) is 6.17. The third-order valence-corrected chi connectivity index (χ3v) is 5.99. The second-order valence-electron chi connectivity index (χ2n) is 7.39. The van der Waals surface area contributed by atoms with E-state index >= 15 is 0 Å². The number of hydrogen-bond donors (Lipinski definition) is 0. The van der Waals surface area contributed by atoms with Gasteiger partial charge in [0.25, 0.3) is 0 Å². The Bertz CT molecular complexity index is 617. The molecule has 3 heterocycles. The highest BCUT2D eigenvalue weighted by Gasteiger charge is 2.49. The Morgan fingerprint density at radius 1 is 1.21 bits per heavy atom. The zero-order valence-electron chi connectivity index (χ0n) is 14.2. The van der Waals surface area contributed by atoms with Gasteiger partial charge >= 0.3 is 0 Å². The van der Waals surface area contributed by atoms with Crippen LogP contribution in [0.4, 0.5) is 4.39 Å². The molecule has 0 aromatic heterocycles. The number of ether oxygens (including phenoxy) is 1. The van der Waals surface area contributed by atoms with E-state index in [0.717, 1.165) is 51.3 Å². The number of nitrogens with zero attached hydrogens (tertiary/aromatic N) is 2. The van der Waals surface area contributed by atoms with E-state index in [0.29, 0.717) is 17.9 Å². The summed E-state index contributed by atoms with van der Waals surface area (Å²) in [6, 6.07) is 7.39. The third-order valence-electron chi connectivity index (χ3n) is 5.99. The molecule has 0 spiro atoms. The smallest absolute Gasteiger partial charge is 0.219 e. The third kappa shape index (κ3) is 2.84. The lowest BCUT2D eigenvalue weighted by atomic mass is 9.89. The van der Waals surface area contributed by atoms with Gasteiger partial charge in [-0.25, -0.2) is 4.39 Å². The maximum Gasteiger partial charge on any atom is 0.219 e. The first-order valence-corrected chi connectivity index (χ1v) is 8.98. The molecule has 0 unspecified atom stereocenters. The molecule has 0 aliphatic carbocycles. The SMILES string of the molecule is CC(=O)N1C[C@H]2CN(C3CCOCC3)C[C@H]2[C@H]1c1cccc(F)c1. The number of rotatable bonds is 2. The fraction of sp³-hybridized carbons (Fsp3) is 0.632. The van der Waals surface area contributed by atoms with Gasteiger partial charge in [-0.1, -0.05) is 12.1 Å². The maximum absolute atomic E-state index is 13.7. The summed E-state index contributed by atoms with van der Waals surface area (Å²) in [5, 5.41) is 0. The standard InChI is InChI=1S/C19H25FN2O2/c1-13(23)22-11-15-10-21(17-5-7-24-8-6-17)12-18(15)19(22)14-3-2-4-16(20)9-14/h2-4,9,15,17-19H,5-8,10-12H2,1H3/t15-,18-,19-/m1/s1. The molecule has 130 valence electrons. The van der Waals surface area contributed by atoms with Crippen LogP contribution in [-0.2, 0) is 9.53 Å². The van der Waals surface area contributed by atoms with E-state index in [-0.39, 0.29) is 17.8 Å². The van der Waals surface area contributed by atoms with Gasteiger partial charge in [-0.3, -0.25) is 9.69 Å². The highest BCUT2D eigenvalue weighted by atomic mass is 19.1. The minimum Gasteiger partial charge on any atom is -0.381 e. The summed E-state index contributed by atoms with van der Waals surface area (Å²) in [4.78, 5) is 16.7. The lowest BCUT2D eigenvalue weighted by Crippen LogP contribution is -2.41. The van der Waals surface area contributed by atoms with Crippen LogP contribution in [0.5, 0.6) is 0 Å². The van der Waals surface area contributed by atoms with Gasteiger partial charge in [0.15, 0.2) is 0 Å². The van der Waals surface area contributed by atoms with Crippen molar-refractivity contribution in [1.29, 1.82) is 0 Å². The minimum atomic E-state index is -0.223. The van der Waals surface area contributed by atoms with Crippen LogP contribution >= 0.6 is 0 Å². The molecule has 1 aromatic rings. The van der Waals surface area contributed by atoms with Gasteiger partial charge < -0.3 is 9.64 Å². The Kier molecular flexibility index (Phi) is 4.31. The van der Waals surface area contributed by atoms with Crippen LogP contribution in [0.3, 0.4) is 0 Å². The number of halogens is 1. The normalized spacial score (nSPS) is 31.4. The Hall–Kier alpha value is -1.46. The van der Waals surface area contributed by atoms with Gasteiger partial charge in [0.2, 0.25) is 5.91 Å². The van der Waals surface area contributed by atoms with E-state index in [1.54, 1.807) is 19.1 Å². The summed E-state index contributed by atoms with van der Waals surface area (Å²) in [6.07, 6.45) is 2.20. The molecule has 1 aromatic carbocycles. The van der Waals surface area contributed by atoms with Crippen molar-refractivity contribution in [2.75, 3.05) is 32.8 Å². The van der Waals surface area contributed by atoms with Gasteiger partial charge in [0.1, 0.15) is 5.82 Å². The maximum atomic E-state index is 13.7. The predicted molar refractivity (Wildman–Crippen MR) is 88.9 cm³/mol. The Morgan fingerprint density at radius 3 is 2.71 bits per heavy atom. The molecule has 4 rings (SSSR count). The number of benzene rings is 1. The molecule has 1 amide bonds. The number of carbonyl (C=O) groups excluding carboxylic acids is 1. The van der Waals surface area contributed by atoms with Gasteiger partial charge in [0, 0.05) is 51.7 Å². The van der Waals surface area contributed by atoms with Crippen molar-refractivity contribution >= 4 is 5.91 Å². The van der Waals surface area contributed by atoms with E-state index in [4.69, 9.17) is 4.74 Å². The number of hydrogen-bond acceptors (Lipinski definition) is 3. The average Bonchev–Trinajstić information content (AvgIpc) is 3.13. The van der Waals surface area contributed by atoms with Crippen molar-refractivity contribution < 1.29 is 13.9 Å². The molecule has 0 bridgehead atoms. The molecule has 0 radical (unpaired) electrons. The molecular formula is C19H25FN2O2. The largest absolute Gasteiger partial charge is 0.381 e. The van der Waals surface area contributed by atoms with E-state index in [1.165, 1.54) is 6.07 Å². The lowest BCUT2D eigenvalue weighted by Gasteiger charge is -2.34. The van der Waals surface area contributed by atoms with Crippen LogP contribution < -0.4 is 0 Å². The zero-order chi connectivity index (χ0) is 16.7. The van der Waals surface area contributed by atoms with Crippen LogP contribution in [0.1, 0.15) is 31.4 Å². The molecule has 0 N–H and O–H groups in total. The van der Waals surface area contributed by atoms with Crippen LogP contribution in [0, 0.1) is 17.7 Å². The molecule has 24 heavy (non-hydrogen) atoms. The molecule has 4 nitrogen and oxygen atoms in total. The Labute approximate surface area is 142 Å². The highest BCUT2D eigenvalue weighted by molar-refractivity contribution is 5.74. The van der Waals surface area contributed by atoms with E-state index in [1.807, 2.05) is 11.0 Å². The Balaban J connectivity index is 1.57. The number of fused-ring (bicyclic) bond motifs is 1. The zero-order valence-corrected chi connectivity index (χ0v) is 14.2. The van der Waals surface area contributed by atoms with Gasteiger partial charge in [-0.2, -0.15) is 0 Å². The summed E-state index contributed by atoms with van der Waals surface area (Å²) < 4.78 is 19.2. The average molecular weight is 332 g/mol. The topological polar surface area (TPSA) is 32.8 Å². The number of carbonyl (C=O) groups is 1. The first-order valence-electron chi connectivity index (χ1n) is 8.98. The van der Waals surface area contributed by atoms with Crippen molar-refractivity contribution in [1.82, 2.24) is 9.80 Å². The number of likely N-dealkylation sites (tertiary alicyclic amines) is 2. The second-order valence-corrected chi connectivity index (χ2v) is 7.39. The first kappa shape index (κ1) is 16.0. The summed E-state index contributed by atoms with van der Waals surface area (Å²) in [5.41, 5.74) is 0.937. The van der Waals surface area contributed by atoms with Gasteiger partial charge in [0.05, 0.1) is 6.04 Å². The molecule has 0 saturated carbocycles.